The van der Waals surface area contributed by atoms with Crippen LogP contribution in [-0.2, 0) is 11.2 Å². The fourth-order valence-electron chi connectivity index (χ4n) is 2.14. The molecule has 17 heavy (non-hydrogen) atoms. The molecule has 1 amide bonds. The summed E-state index contributed by atoms with van der Waals surface area (Å²) >= 11 is 0. The van der Waals surface area contributed by atoms with Crippen molar-refractivity contribution in [1.29, 1.82) is 0 Å². The quantitative estimate of drug-likeness (QED) is 0.814. The van der Waals surface area contributed by atoms with E-state index in [-0.39, 0.29) is 18.0 Å². The van der Waals surface area contributed by atoms with E-state index in [1.54, 1.807) is 6.26 Å². The molecule has 0 aliphatic carbocycles. The molecule has 0 radical (unpaired) electrons. The van der Waals surface area contributed by atoms with E-state index in [1.807, 2.05) is 19.1 Å². The first-order valence-corrected chi connectivity index (χ1v) is 6.32. The van der Waals surface area contributed by atoms with Crippen molar-refractivity contribution in [2.24, 2.45) is 0 Å². The number of carbonyl (C=O) groups is 1. The lowest BCUT2D eigenvalue weighted by atomic mass is 10.1. The van der Waals surface area contributed by atoms with Crippen molar-refractivity contribution in [3.05, 3.63) is 24.2 Å². The van der Waals surface area contributed by atoms with E-state index in [9.17, 15) is 4.79 Å². The molecule has 1 aromatic heterocycles. The van der Waals surface area contributed by atoms with Gasteiger partial charge in [-0.15, -0.1) is 0 Å². The maximum atomic E-state index is 11.8. The Kier molecular flexibility index (Phi) is 4.20. The summed E-state index contributed by atoms with van der Waals surface area (Å²) in [5, 5.41) is 6.24. The van der Waals surface area contributed by atoms with E-state index in [1.165, 1.54) is 0 Å². The highest BCUT2D eigenvalue weighted by Crippen LogP contribution is 2.08. The van der Waals surface area contributed by atoms with Crippen molar-refractivity contribution in [3.63, 3.8) is 0 Å². The SMILES string of the molecule is CC(CCc1ccco1)NC(=O)C1CCCN1. The van der Waals surface area contributed by atoms with Crippen molar-refractivity contribution in [2.75, 3.05) is 6.54 Å². The Morgan fingerprint density at radius 3 is 3.24 bits per heavy atom. The van der Waals surface area contributed by atoms with Gasteiger partial charge >= 0.3 is 0 Å². The summed E-state index contributed by atoms with van der Waals surface area (Å²) in [6.07, 6.45) is 5.51. The first-order chi connectivity index (χ1) is 8.25. The maximum Gasteiger partial charge on any atom is 0.237 e. The molecule has 1 saturated heterocycles. The van der Waals surface area contributed by atoms with Crippen molar-refractivity contribution in [3.8, 4) is 0 Å². The average Bonchev–Trinajstić information content (AvgIpc) is 2.99. The Morgan fingerprint density at radius 2 is 2.59 bits per heavy atom. The molecule has 2 rings (SSSR count). The largest absolute Gasteiger partial charge is 0.469 e. The summed E-state index contributed by atoms with van der Waals surface area (Å²) in [6, 6.07) is 4.06. The molecule has 0 saturated carbocycles. The van der Waals surface area contributed by atoms with Crippen LogP contribution in [0, 0.1) is 0 Å². The maximum absolute atomic E-state index is 11.8. The lowest BCUT2D eigenvalue weighted by Gasteiger charge is -2.16. The molecule has 0 aromatic carbocycles. The van der Waals surface area contributed by atoms with Gasteiger partial charge in [-0.05, 0) is 44.9 Å². The van der Waals surface area contributed by atoms with Crippen LogP contribution in [0.3, 0.4) is 0 Å². The molecule has 2 atom stereocenters. The van der Waals surface area contributed by atoms with Gasteiger partial charge in [0.05, 0.1) is 12.3 Å². The number of rotatable bonds is 5. The number of amides is 1. The van der Waals surface area contributed by atoms with Gasteiger partial charge in [0, 0.05) is 12.5 Å². The third kappa shape index (κ3) is 3.60. The van der Waals surface area contributed by atoms with Crippen LogP contribution in [0.4, 0.5) is 0 Å². The second kappa shape index (κ2) is 5.87. The normalized spacial score (nSPS) is 21.4. The fraction of sp³-hybridized carbons (Fsp3) is 0.615. The minimum atomic E-state index is 0.0149. The van der Waals surface area contributed by atoms with E-state index in [0.29, 0.717) is 0 Å². The number of aryl methyl sites for hydroxylation is 1. The molecule has 94 valence electrons. The monoisotopic (exact) mass is 236 g/mol. The van der Waals surface area contributed by atoms with Crippen LogP contribution >= 0.6 is 0 Å². The first-order valence-electron chi connectivity index (χ1n) is 6.32. The highest BCUT2D eigenvalue weighted by molar-refractivity contribution is 5.82. The van der Waals surface area contributed by atoms with Crippen LogP contribution in [-0.4, -0.2) is 24.5 Å². The van der Waals surface area contributed by atoms with Crippen molar-refractivity contribution >= 4 is 5.91 Å². The summed E-state index contributed by atoms with van der Waals surface area (Å²) in [7, 11) is 0. The van der Waals surface area contributed by atoms with Crippen LogP contribution in [0.1, 0.15) is 31.9 Å². The Bertz CT molecular complexity index is 342. The second-order valence-electron chi connectivity index (χ2n) is 4.68. The Balaban J connectivity index is 1.69. The number of hydrogen-bond acceptors (Lipinski definition) is 3. The third-order valence-electron chi connectivity index (χ3n) is 3.17. The van der Waals surface area contributed by atoms with Gasteiger partial charge < -0.3 is 15.1 Å². The van der Waals surface area contributed by atoms with Gasteiger partial charge in [-0.2, -0.15) is 0 Å². The topological polar surface area (TPSA) is 54.3 Å². The number of nitrogens with one attached hydrogen (secondary N) is 2. The minimum absolute atomic E-state index is 0.0149. The molecular weight excluding hydrogens is 216 g/mol. The predicted molar refractivity (Wildman–Crippen MR) is 65.7 cm³/mol. The van der Waals surface area contributed by atoms with Crippen LogP contribution in [0.5, 0.6) is 0 Å². The summed E-state index contributed by atoms with van der Waals surface area (Å²) in [4.78, 5) is 11.8. The fourth-order valence-corrected chi connectivity index (χ4v) is 2.14. The molecule has 1 aliphatic rings. The molecule has 1 fully saturated rings. The number of furan rings is 1. The molecule has 0 spiro atoms. The van der Waals surface area contributed by atoms with Gasteiger partial charge in [0.2, 0.25) is 5.91 Å². The Hall–Kier alpha value is -1.29. The van der Waals surface area contributed by atoms with Crippen LogP contribution < -0.4 is 10.6 Å². The summed E-state index contributed by atoms with van der Waals surface area (Å²) in [5.41, 5.74) is 0. The Labute approximate surface area is 102 Å². The van der Waals surface area contributed by atoms with Gasteiger partial charge in [-0.1, -0.05) is 0 Å². The summed E-state index contributed by atoms with van der Waals surface area (Å²) in [6.45, 7) is 2.99. The highest BCUT2D eigenvalue weighted by atomic mass is 16.3. The van der Waals surface area contributed by atoms with Gasteiger partial charge in [-0.25, -0.2) is 0 Å². The smallest absolute Gasteiger partial charge is 0.237 e. The lowest BCUT2D eigenvalue weighted by molar-refractivity contribution is -0.123. The van der Waals surface area contributed by atoms with Gasteiger partial charge in [0.25, 0.3) is 0 Å². The van der Waals surface area contributed by atoms with Crippen LogP contribution in [0.25, 0.3) is 0 Å². The van der Waals surface area contributed by atoms with Crippen molar-refractivity contribution < 1.29 is 9.21 Å². The van der Waals surface area contributed by atoms with Gasteiger partial charge in [-0.3, -0.25) is 4.79 Å². The van der Waals surface area contributed by atoms with E-state index in [2.05, 4.69) is 10.6 Å². The van der Waals surface area contributed by atoms with Crippen LogP contribution in [0.2, 0.25) is 0 Å². The minimum Gasteiger partial charge on any atom is -0.469 e. The Morgan fingerprint density at radius 1 is 1.71 bits per heavy atom. The second-order valence-corrected chi connectivity index (χ2v) is 4.68. The lowest BCUT2D eigenvalue weighted by Crippen LogP contribution is -2.44. The molecule has 1 aromatic rings. The molecule has 1 aliphatic heterocycles. The molecule has 0 bridgehead atoms. The molecular formula is C13H20N2O2. The van der Waals surface area contributed by atoms with Crippen LogP contribution in [0.15, 0.2) is 22.8 Å². The zero-order valence-corrected chi connectivity index (χ0v) is 10.2. The van der Waals surface area contributed by atoms with E-state index < -0.39 is 0 Å². The standard InChI is InChI=1S/C13H20N2O2/c1-10(6-7-11-4-3-9-17-11)15-13(16)12-5-2-8-14-12/h3-4,9-10,12,14H,2,5-8H2,1H3,(H,15,16). The number of hydrogen-bond donors (Lipinski definition) is 2. The zero-order chi connectivity index (χ0) is 12.1. The first kappa shape index (κ1) is 12.2. The average molecular weight is 236 g/mol. The molecule has 2 unspecified atom stereocenters. The molecule has 4 nitrogen and oxygen atoms in total. The zero-order valence-electron chi connectivity index (χ0n) is 10.2. The van der Waals surface area contributed by atoms with E-state index in [4.69, 9.17) is 4.42 Å². The van der Waals surface area contributed by atoms with Crippen molar-refractivity contribution in [1.82, 2.24) is 10.6 Å². The third-order valence-corrected chi connectivity index (χ3v) is 3.17. The molecule has 4 heteroatoms. The molecule has 2 N–H and O–H groups in total. The summed E-state index contributed by atoms with van der Waals surface area (Å²) in [5.74, 6) is 1.11. The number of carbonyl (C=O) groups excluding carboxylic acids is 1. The van der Waals surface area contributed by atoms with E-state index >= 15 is 0 Å². The predicted octanol–water partition coefficient (Wildman–Crippen LogP) is 1.47. The highest BCUT2D eigenvalue weighted by Gasteiger charge is 2.22. The van der Waals surface area contributed by atoms with Gasteiger partial charge in [0.1, 0.15) is 5.76 Å². The van der Waals surface area contributed by atoms with E-state index in [0.717, 1.165) is 38.0 Å². The van der Waals surface area contributed by atoms with Gasteiger partial charge in [0.15, 0.2) is 0 Å². The molecule has 2 heterocycles. The summed E-state index contributed by atoms with van der Waals surface area (Å²) < 4.78 is 5.26. The van der Waals surface area contributed by atoms with Crippen molar-refractivity contribution in [2.45, 2.75) is 44.7 Å².